The van der Waals surface area contributed by atoms with Gasteiger partial charge < -0.3 is 4.74 Å². The van der Waals surface area contributed by atoms with E-state index in [-0.39, 0.29) is 0 Å². The minimum atomic E-state index is 0.716. The molecule has 1 saturated carbocycles. The van der Waals surface area contributed by atoms with Crippen LogP contribution in [0.15, 0.2) is 55.1 Å². The molecule has 0 N–H and O–H groups in total. The van der Waals surface area contributed by atoms with Crippen molar-refractivity contribution < 1.29 is 4.74 Å². The van der Waals surface area contributed by atoms with Crippen molar-refractivity contribution in [2.45, 2.75) is 63.9 Å². The summed E-state index contributed by atoms with van der Waals surface area (Å²) in [5.41, 5.74) is 5.50. The predicted octanol–water partition coefficient (Wildman–Crippen LogP) is 7.09. The molecule has 0 aromatic heterocycles. The highest BCUT2D eigenvalue weighted by molar-refractivity contribution is 5.47. The summed E-state index contributed by atoms with van der Waals surface area (Å²) < 4.78 is 5.72. The number of rotatable bonds is 8. The molecule has 0 unspecified atom stereocenters. The van der Waals surface area contributed by atoms with Crippen molar-refractivity contribution in [3.8, 4) is 0 Å². The van der Waals surface area contributed by atoms with E-state index >= 15 is 0 Å². The molecule has 0 amide bonds. The Morgan fingerprint density at radius 2 is 1.42 bits per heavy atom. The van der Waals surface area contributed by atoms with Crippen molar-refractivity contribution in [3.05, 3.63) is 77.4 Å². The Labute approximate surface area is 159 Å². The molecular formula is C25H32O. The third-order valence-corrected chi connectivity index (χ3v) is 5.73. The molecule has 1 nitrogen and oxygen atoms in total. The van der Waals surface area contributed by atoms with Gasteiger partial charge in [-0.3, -0.25) is 0 Å². The highest BCUT2D eigenvalue weighted by atomic mass is 16.5. The van der Waals surface area contributed by atoms with Gasteiger partial charge in [0.2, 0.25) is 0 Å². The van der Waals surface area contributed by atoms with Crippen LogP contribution in [0.3, 0.4) is 0 Å². The molecule has 138 valence electrons. The van der Waals surface area contributed by atoms with Crippen molar-refractivity contribution >= 4 is 6.08 Å². The Balaban J connectivity index is 1.50. The fraction of sp³-hybridized carbons (Fsp3) is 0.440. The summed E-state index contributed by atoms with van der Waals surface area (Å²) in [7, 11) is 0. The van der Waals surface area contributed by atoms with E-state index in [9.17, 15) is 0 Å². The molecule has 1 aliphatic rings. The van der Waals surface area contributed by atoms with Crippen LogP contribution in [0.25, 0.3) is 6.08 Å². The minimum Gasteiger partial charge on any atom is -0.377 e. The molecule has 26 heavy (non-hydrogen) atoms. The maximum atomic E-state index is 5.72. The van der Waals surface area contributed by atoms with Crippen LogP contribution >= 0.6 is 0 Å². The molecule has 1 fully saturated rings. The van der Waals surface area contributed by atoms with E-state index in [1.807, 2.05) is 6.08 Å². The summed E-state index contributed by atoms with van der Waals surface area (Å²) in [6.07, 6.45) is 9.43. The molecule has 0 atom stereocenters. The molecule has 0 saturated heterocycles. The van der Waals surface area contributed by atoms with E-state index in [1.54, 1.807) is 0 Å². The molecular weight excluding hydrogens is 316 g/mol. The fourth-order valence-corrected chi connectivity index (χ4v) is 3.99. The maximum absolute atomic E-state index is 5.72. The van der Waals surface area contributed by atoms with Gasteiger partial charge in [0.05, 0.1) is 6.61 Å². The minimum absolute atomic E-state index is 0.716. The average molecular weight is 349 g/mol. The quantitative estimate of drug-likeness (QED) is 0.463. The first-order chi connectivity index (χ1) is 12.8. The second-order valence-corrected chi connectivity index (χ2v) is 7.57. The van der Waals surface area contributed by atoms with E-state index in [2.05, 4.69) is 62.0 Å². The van der Waals surface area contributed by atoms with E-state index in [4.69, 9.17) is 4.74 Å². The summed E-state index contributed by atoms with van der Waals surface area (Å²) in [5, 5.41) is 0. The number of unbranched alkanes of at least 4 members (excludes halogenated alkanes) is 1. The Morgan fingerprint density at radius 3 is 1.92 bits per heavy atom. The van der Waals surface area contributed by atoms with Crippen LogP contribution < -0.4 is 0 Å². The highest BCUT2D eigenvalue weighted by Gasteiger charge is 2.23. The van der Waals surface area contributed by atoms with Crippen LogP contribution in [0.2, 0.25) is 0 Å². The first-order valence-electron chi connectivity index (χ1n) is 10.2. The number of hydrogen-bond donors (Lipinski definition) is 0. The van der Waals surface area contributed by atoms with Crippen molar-refractivity contribution in [2.75, 3.05) is 6.61 Å². The molecule has 2 aromatic carbocycles. The summed E-state index contributed by atoms with van der Waals surface area (Å²) in [5.74, 6) is 1.44. The van der Waals surface area contributed by atoms with Gasteiger partial charge in [-0.2, -0.15) is 0 Å². The van der Waals surface area contributed by atoms with Gasteiger partial charge >= 0.3 is 0 Å². The number of hydrogen-bond acceptors (Lipinski definition) is 1. The lowest BCUT2D eigenvalue weighted by atomic mass is 9.76. The predicted molar refractivity (Wildman–Crippen MR) is 111 cm³/mol. The molecule has 3 rings (SSSR count). The third kappa shape index (κ3) is 5.08. The van der Waals surface area contributed by atoms with Crippen LogP contribution in [0.5, 0.6) is 0 Å². The lowest BCUT2D eigenvalue weighted by Crippen LogP contribution is -2.12. The molecule has 0 heterocycles. The molecule has 0 aliphatic heterocycles. The summed E-state index contributed by atoms with van der Waals surface area (Å²) >= 11 is 0. The Hall–Kier alpha value is -1.86. The first-order valence-corrected chi connectivity index (χ1v) is 10.2. The Morgan fingerprint density at radius 1 is 0.885 bits per heavy atom. The topological polar surface area (TPSA) is 9.23 Å². The van der Waals surface area contributed by atoms with Crippen molar-refractivity contribution in [2.24, 2.45) is 0 Å². The van der Waals surface area contributed by atoms with Crippen molar-refractivity contribution in [1.82, 2.24) is 0 Å². The van der Waals surface area contributed by atoms with Gasteiger partial charge in [-0.25, -0.2) is 0 Å². The molecule has 0 radical (unpaired) electrons. The maximum Gasteiger partial charge on any atom is 0.0716 e. The summed E-state index contributed by atoms with van der Waals surface area (Å²) in [6.45, 7) is 7.65. The molecule has 1 aliphatic carbocycles. The van der Waals surface area contributed by atoms with Gasteiger partial charge in [-0.1, -0.05) is 74.5 Å². The van der Waals surface area contributed by atoms with Gasteiger partial charge in [0.1, 0.15) is 0 Å². The van der Waals surface area contributed by atoms with Crippen molar-refractivity contribution in [3.63, 3.8) is 0 Å². The number of ether oxygens (including phenoxy) is 1. The first kappa shape index (κ1) is 18.9. The van der Waals surface area contributed by atoms with Crippen LogP contribution in [-0.2, 0) is 11.3 Å². The van der Waals surface area contributed by atoms with Gasteiger partial charge in [-0.05, 0) is 66.2 Å². The highest BCUT2D eigenvalue weighted by Crippen LogP contribution is 2.40. The third-order valence-electron chi connectivity index (χ3n) is 5.73. The normalized spacial score (nSPS) is 20.0. The second-order valence-electron chi connectivity index (χ2n) is 7.57. The van der Waals surface area contributed by atoms with Crippen LogP contribution in [0.4, 0.5) is 0 Å². The van der Waals surface area contributed by atoms with Gasteiger partial charge in [-0.15, -0.1) is 0 Å². The van der Waals surface area contributed by atoms with Gasteiger partial charge in [0.25, 0.3) is 0 Å². The largest absolute Gasteiger partial charge is 0.377 e. The molecule has 2 aromatic rings. The van der Waals surface area contributed by atoms with Crippen LogP contribution in [0, 0.1) is 0 Å². The lowest BCUT2D eigenvalue weighted by molar-refractivity contribution is 0.118. The average Bonchev–Trinajstić information content (AvgIpc) is 2.72. The van der Waals surface area contributed by atoms with Crippen LogP contribution in [0.1, 0.15) is 79.5 Å². The van der Waals surface area contributed by atoms with E-state index in [1.165, 1.54) is 54.4 Å². The summed E-state index contributed by atoms with van der Waals surface area (Å²) in [4.78, 5) is 0. The lowest BCUT2D eigenvalue weighted by Gasteiger charge is -2.29. The zero-order valence-corrected chi connectivity index (χ0v) is 16.1. The summed E-state index contributed by atoms with van der Waals surface area (Å²) in [6, 6.07) is 18.1. The SMILES string of the molecule is C=Cc1ccc([C@H]2CC[C@H](c3ccc(COCCCC)cc3)CC2)cc1. The smallest absolute Gasteiger partial charge is 0.0716 e. The Bertz CT molecular complexity index is 660. The van der Waals surface area contributed by atoms with E-state index in [0.29, 0.717) is 5.92 Å². The van der Waals surface area contributed by atoms with E-state index in [0.717, 1.165) is 25.6 Å². The molecule has 0 bridgehead atoms. The van der Waals surface area contributed by atoms with Gasteiger partial charge in [0.15, 0.2) is 0 Å². The zero-order chi connectivity index (χ0) is 18.2. The Kier molecular flexibility index (Phi) is 7.08. The second kappa shape index (κ2) is 9.73. The zero-order valence-electron chi connectivity index (χ0n) is 16.1. The molecule has 1 heteroatoms. The van der Waals surface area contributed by atoms with E-state index < -0.39 is 0 Å². The van der Waals surface area contributed by atoms with Crippen molar-refractivity contribution in [1.29, 1.82) is 0 Å². The van der Waals surface area contributed by atoms with Gasteiger partial charge in [0, 0.05) is 6.61 Å². The number of benzene rings is 2. The monoisotopic (exact) mass is 348 g/mol. The van der Waals surface area contributed by atoms with Crippen LogP contribution in [-0.4, -0.2) is 6.61 Å². The fourth-order valence-electron chi connectivity index (χ4n) is 3.99. The molecule has 0 spiro atoms. The standard InChI is InChI=1S/C25H32O/c1-3-5-18-26-19-21-8-12-23(13-9-21)25-16-14-24(15-17-25)22-10-6-20(4-2)7-11-22/h4,6-13,24-25H,2-3,5,14-19H2,1H3/t24-,25-.